The summed E-state index contributed by atoms with van der Waals surface area (Å²) in [5.74, 6) is 0.155. The Balaban J connectivity index is 1.94. The van der Waals surface area contributed by atoms with Gasteiger partial charge in [0.2, 0.25) is 10.0 Å². The number of nitrogens with one attached hydrogen (secondary N) is 1. The molecule has 0 saturated heterocycles. The normalized spacial score (nSPS) is 11.8. The van der Waals surface area contributed by atoms with Crippen LogP contribution in [-0.4, -0.2) is 29.2 Å². The first-order valence-electron chi connectivity index (χ1n) is 6.02. The molecule has 0 saturated carbocycles. The van der Waals surface area contributed by atoms with Crippen LogP contribution in [0.4, 0.5) is 0 Å². The standard InChI is InChI=1S/C11H16N4O2S2/c1-2-3-6-19(16,17)12-7-10-8-15(14-13-10)11-4-5-18-9-11/h4-5,8-9,12H,2-3,6-7H2,1H3. The average Bonchev–Trinajstić information content (AvgIpc) is 3.04. The van der Waals surface area contributed by atoms with Gasteiger partial charge in [-0.05, 0) is 17.9 Å². The van der Waals surface area contributed by atoms with Gasteiger partial charge >= 0.3 is 0 Å². The molecule has 2 rings (SSSR count). The second-order valence-electron chi connectivity index (χ2n) is 4.13. The third-order valence-electron chi connectivity index (χ3n) is 2.55. The van der Waals surface area contributed by atoms with Gasteiger partial charge in [-0.15, -0.1) is 5.10 Å². The predicted molar refractivity (Wildman–Crippen MR) is 74.8 cm³/mol. The van der Waals surface area contributed by atoms with Crippen molar-refractivity contribution in [2.75, 3.05) is 5.75 Å². The molecule has 0 aliphatic rings. The average molecular weight is 300 g/mol. The minimum absolute atomic E-state index is 0.155. The predicted octanol–water partition coefficient (Wildman–Crippen LogP) is 1.55. The van der Waals surface area contributed by atoms with Gasteiger partial charge in [-0.1, -0.05) is 18.6 Å². The van der Waals surface area contributed by atoms with Crippen molar-refractivity contribution in [1.82, 2.24) is 19.7 Å². The maximum Gasteiger partial charge on any atom is 0.211 e. The van der Waals surface area contributed by atoms with E-state index in [1.165, 1.54) is 0 Å². The van der Waals surface area contributed by atoms with E-state index < -0.39 is 10.0 Å². The highest BCUT2D eigenvalue weighted by Crippen LogP contribution is 2.10. The number of sulfonamides is 1. The molecule has 0 amide bonds. The molecule has 1 N–H and O–H groups in total. The maximum absolute atomic E-state index is 11.6. The minimum atomic E-state index is -3.21. The Labute approximate surface area is 116 Å². The van der Waals surface area contributed by atoms with E-state index in [-0.39, 0.29) is 12.3 Å². The SMILES string of the molecule is CCCCS(=O)(=O)NCc1cn(-c2ccsc2)nn1. The maximum atomic E-state index is 11.6. The van der Waals surface area contributed by atoms with Crippen LogP contribution in [0, 0.1) is 0 Å². The molecule has 0 spiro atoms. The van der Waals surface area contributed by atoms with E-state index in [1.807, 2.05) is 23.8 Å². The quantitative estimate of drug-likeness (QED) is 0.841. The van der Waals surface area contributed by atoms with Crippen LogP contribution in [0.25, 0.3) is 5.69 Å². The fourth-order valence-electron chi connectivity index (χ4n) is 1.48. The molecule has 0 unspecified atom stereocenters. The number of thiophene rings is 1. The largest absolute Gasteiger partial charge is 0.220 e. The lowest BCUT2D eigenvalue weighted by Crippen LogP contribution is -2.26. The van der Waals surface area contributed by atoms with E-state index in [0.29, 0.717) is 12.1 Å². The summed E-state index contributed by atoms with van der Waals surface area (Å²) in [5, 5.41) is 11.8. The fourth-order valence-corrected chi connectivity index (χ4v) is 3.29. The van der Waals surface area contributed by atoms with E-state index in [0.717, 1.165) is 12.1 Å². The second-order valence-corrected chi connectivity index (χ2v) is 6.84. The summed E-state index contributed by atoms with van der Waals surface area (Å²) in [6.07, 6.45) is 3.25. The van der Waals surface area contributed by atoms with Crippen molar-refractivity contribution in [3.63, 3.8) is 0 Å². The number of hydrogen-bond donors (Lipinski definition) is 1. The molecule has 0 fully saturated rings. The lowest BCUT2D eigenvalue weighted by molar-refractivity contribution is 0.577. The summed E-state index contributed by atoms with van der Waals surface area (Å²) in [6.45, 7) is 2.14. The van der Waals surface area contributed by atoms with E-state index in [4.69, 9.17) is 0 Å². The van der Waals surface area contributed by atoms with Gasteiger partial charge in [-0.2, -0.15) is 11.3 Å². The number of rotatable bonds is 7. The van der Waals surface area contributed by atoms with Gasteiger partial charge in [0, 0.05) is 5.38 Å². The highest BCUT2D eigenvalue weighted by molar-refractivity contribution is 7.89. The molecule has 0 aromatic carbocycles. The first-order chi connectivity index (χ1) is 9.11. The summed E-state index contributed by atoms with van der Waals surface area (Å²) < 4.78 is 27.4. The number of hydrogen-bond acceptors (Lipinski definition) is 5. The topological polar surface area (TPSA) is 76.9 Å². The molecule has 0 bridgehead atoms. The summed E-state index contributed by atoms with van der Waals surface area (Å²) in [6, 6.07) is 1.93. The number of aromatic nitrogens is 3. The first-order valence-corrected chi connectivity index (χ1v) is 8.61. The van der Waals surface area contributed by atoms with Crippen LogP contribution in [0.2, 0.25) is 0 Å². The Morgan fingerprint density at radius 2 is 2.32 bits per heavy atom. The monoisotopic (exact) mass is 300 g/mol. The van der Waals surface area contributed by atoms with Gasteiger partial charge in [0.15, 0.2) is 0 Å². The third-order valence-corrected chi connectivity index (χ3v) is 4.63. The van der Waals surface area contributed by atoms with Gasteiger partial charge in [0.25, 0.3) is 0 Å². The molecule has 2 heterocycles. The van der Waals surface area contributed by atoms with Crippen molar-refractivity contribution in [2.24, 2.45) is 0 Å². The molecule has 2 aromatic rings. The summed E-state index contributed by atoms with van der Waals surface area (Å²) in [7, 11) is -3.21. The molecule has 8 heteroatoms. The van der Waals surface area contributed by atoms with Crippen LogP contribution in [0.5, 0.6) is 0 Å². The van der Waals surface area contributed by atoms with E-state index in [9.17, 15) is 8.42 Å². The van der Waals surface area contributed by atoms with Gasteiger partial charge in [0.1, 0.15) is 0 Å². The summed E-state index contributed by atoms with van der Waals surface area (Å²) in [4.78, 5) is 0. The molecule has 0 radical (unpaired) electrons. The summed E-state index contributed by atoms with van der Waals surface area (Å²) >= 11 is 1.57. The van der Waals surface area contributed by atoms with Crippen LogP contribution in [0.15, 0.2) is 23.0 Å². The van der Waals surface area contributed by atoms with Crippen molar-refractivity contribution in [3.8, 4) is 5.69 Å². The molecular weight excluding hydrogens is 284 g/mol. The van der Waals surface area contributed by atoms with Crippen LogP contribution in [0.3, 0.4) is 0 Å². The van der Waals surface area contributed by atoms with Crippen molar-refractivity contribution in [2.45, 2.75) is 26.3 Å². The van der Waals surface area contributed by atoms with Crippen molar-refractivity contribution >= 4 is 21.4 Å². The molecular formula is C11H16N4O2S2. The Kier molecular flexibility index (Phi) is 4.67. The lowest BCUT2D eigenvalue weighted by Gasteiger charge is -2.03. The molecule has 2 aromatic heterocycles. The zero-order valence-electron chi connectivity index (χ0n) is 10.6. The first kappa shape index (κ1) is 14.2. The molecule has 0 aliphatic heterocycles. The minimum Gasteiger partial charge on any atom is -0.220 e. The number of unbranched alkanes of at least 4 members (excludes halogenated alkanes) is 1. The van der Waals surface area contributed by atoms with E-state index in [2.05, 4.69) is 15.0 Å². The molecule has 104 valence electrons. The summed E-state index contributed by atoms with van der Waals surface area (Å²) in [5.41, 5.74) is 1.53. The van der Waals surface area contributed by atoms with Crippen molar-refractivity contribution < 1.29 is 8.42 Å². The smallest absolute Gasteiger partial charge is 0.211 e. The molecule has 19 heavy (non-hydrogen) atoms. The van der Waals surface area contributed by atoms with E-state index in [1.54, 1.807) is 22.2 Å². The second kappa shape index (κ2) is 6.27. The van der Waals surface area contributed by atoms with Gasteiger partial charge < -0.3 is 0 Å². The number of nitrogens with zero attached hydrogens (tertiary/aromatic N) is 3. The Bertz CT molecular complexity index is 604. The highest BCUT2D eigenvalue weighted by Gasteiger charge is 2.10. The Morgan fingerprint density at radius 1 is 1.47 bits per heavy atom. The van der Waals surface area contributed by atoms with Crippen LogP contribution in [-0.2, 0) is 16.6 Å². The van der Waals surface area contributed by atoms with E-state index >= 15 is 0 Å². The molecule has 0 aliphatic carbocycles. The molecule has 0 atom stereocenters. The zero-order chi connectivity index (χ0) is 13.7. The van der Waals surface area contributed by atoms with Crippen LogP contribution < -0.4 is 4.72 Å². The Morgan fingerprint density at radius 3 is 3.00 bits per heavy atom. The zero-order valence-corrected chi connectivity index (χ0v) is 12.2. The highest BCUT2D eigenvalue weighted by atomic mass is 32.2. The third kappa shape index (κ3) is 4.12. The van der Waals surface area contributed by atoms with Crippen LogP contribution >= 0.6 is 11.3 Å². The fraction of sp³-hybridized carbons (Fsp3) is 0.455. The van der Waals surface area contributed by atoms with Gasteiger partial charge in [-0.25, -0.2) is 17.8 Å². The molecule has 6 nitrogen and oxygen atoms in total. The van der Waals surface area contributed by atoms with Crippen molar-refractivity contribution in [1.29, 1.82) is 0 Å². The Hall–Kier alpha value is -1.25. The van der Waals surface area contributed by atoms with Crippen molar-refractivity contribution in [3.05, 3.63) is 28.7 Å². The lowest BCUT2D eigenvalue weighted by atomic mass is 10.4. The van der Waals surface area contributed by atoms with Gasteiger partial charge in [-0.3, -0.25) is 0 Å². The van der Waals surface area contributed by atoms with Crippen LogP contribution in [0.1, 0.15) is 25.5 Å². The van der Waals surface area contributed by atoms with Gasteiger partial charge in [0.05, 0.1) is 29.9 Å².